The lowest BCUT2D eigenvalue weighted by Gasteiger charge is -2.58. The van der Waals surface area contributed by atoms with Gasteiger partial charge >= 0.3 is 5.97 Å². The molecule has 0 unspecified atom stereocenters. The molecule has 5 heteroatoms. The fraction of sp³-hybridized carbons (Fsp3) is 0.579. The summed E-state index contributed by atoms with van der Waals surface area (Å²) in [6.07, 6.45) is 6.57. The highest BCUT2D eigenvalue weighted by molar-refractivity contribution is 5.97. The molecule has 1 amide bonds. The number of carbonyl (C=O) groups excluding carboxylic acids is 1. The van der Waals surface area contributed by atoms with Crippen molar-refractivity contribution >= 4 is 17.6 Å². The smallest absolute Gasteiger partial charge is 0.326 e. The topological polar surface area (TPSA) is 92.4 Å². The second kappa shape index (κ2) is 5.50. The summed E-state index contributed by atoms with van der Waals surface area (Å²) < 4.78 is 0. The van der Waals surface area contributed by atoms with Crippen molar-refractivity contribution in [2.24, 2.45) is 23.2 Å². The normalized spacial score (nSPS) is 34.8. The van der Waals surface area contributed by atoms with Crippen LogP contribution >= 0.6 is 0 Å². The van der Waals surface area contributed by atoms with Crippen LogP contribution < -0.4 is 11.1 Å². The third-order valence-electron chi connectivity index (χ3n) is 6.39. The summed E-state index contributed by atoms with van der Waals surface area (Å²) >= 11 is 0. The van der Waals surface area contributed by atoms with Crippen molar-refractivity contribution < 1.29 is 14.7 Å². The van der Waals surface area contributed by atoms with E-state index >= 15 is 0 Å². The Balaban J connectivity index is 1.57. The zero-order valence-electron chi connectivity index (χ0n) is 13.7. The Hall–Kier alpha value is -2.04. The number of nitrogens with two attached hydrogens (primary N) is 1. The first kappa shape index (κ1) is 15.5. The summed E-state index contributed by atoms with van der Waals surface area (Å²) in [5.74, 6) is 0.712. The number of rotatable bonds is 4. The Morgan fingerprint density at radius 3 is 2.00 bits per heavy atom. The van der Waals surface area contributed by atoms with Gasteiger partial charge in [-0.25, -0.2) is 4.79 Å². The first-order valence-electron chi connectivity index (χ1n) is 8.84. The number of hydrogen-bond donors (Lipinski definition) is 3. The molecule has 0 aliphatic heterocycles. The van der Waals surface area contributed by atoms with Gasteiger partial charge in [-0.05, 0) is 80.5 Å². The van der Waals surface area contributed by atoms with E-state index in [0.29, 0.717) is 29.0 Å². The molecule has 24 heavy (non-hydrogen) atoms. The average Bonchev–Trinajstić information content (AvgIpc) is 2.51. The van der Waals surface area contributed by atoms with Gasteiger partial charge in [-0.1, -0.05) is 0 Å². The number of anilines is 1. The molecule has 1 aromatic rings. The van der Waals surface area contributed by atoms with Crippen LogP contribution in [-0.4, -0.2) is 23.0 Å². The number of carbonyl (C=O) groups is 2. The Morgan fingerprint density at radius 1 is 1.04 bits per heavy atom. The number of nitrogens with one attached hydrogen (secondary N) is 1. The highest BCUT2D eigenvalue weighted by Gasteiger charge is 2.56. The van der Waals surface area contributed by atoms with Crippen LogP contribution in [-0.2, 0) is 4.79 Å². The first-order valence-corrected chi connectivity index (χ1v) is 8.84. The van der Waals surface area contributed by atoms with Crippen molar-refractivity contribution in [3.05, 3.63) is 29.8 Å². The van der Waals surface area contributed by atoms with Crippen molar-refractivity contribution in [3.8, 4) is 0 Å². The lowest BCUT2D eigenvalue weighted by molar-refractivity contribution is -0.150. The molecule has 0 aromatic heterocycles. The fourth-order valence-electron chi connectivity index (χ4n) is 5.86. The molecule has 5 rings (SSSR count). The van der Waals surface area contributed by atoms with E-state index < -0.39 is 12.0 Å². The molecule has 5 nitrogen and oxygen atoms in total. The SMILES string of the molecule is Nc1ccc(C(=O)N[C@H](C(=O)O)C23CC4CC(CC(C4)C2)C3)cc1. The molecule has 0 spiro atoms. The second-order valence-corrected chi connectivity index (χ2v) is 8.15. The van der Waals surface area contributed by atoms with E-state index in [2.05, 4.69) is 5.32 Å². The van der Waals surface area contributed by atoms with Crippen LogP contribution in [0.4, 0.5) is 5.69 Å². The summed E-state index contributed by atoms with van der Waals surface area (Å²) in [6.45, 7) is 0. The highest BCUT2D eigenvalue weighted by Crippen LogP contribution is 2.61. The number of carboxylic acid groups (broad SMARTS) is 1. The summed E-state index contributed by atoms with van der Waals surface area (Å²) in [5.41, 5.74) is 6.44. The van der Waals surface area contributed by atoms with Gasteiger partial charge in [-0.3, -0.25) is 4.79 Å². The zero-order chi connectivity index (χ0) is 16.9. The van der Waals surface area contributed by atoms with Gasteiger partial charge in [0.25, 0.3) is 5.91 Å². The molecular weight excluding hydrogens is 304 g/mol. The third kappa shape index (κ3) is 2.56. The Kier molecular flexibility index (Phi) is 3.55. The molecule has 4 fully saturated rings. The van der Waals surface area contributed by atoms with Crippen LogP contribution in [0.3, 0.4) is 0 Å². The van der Waals surface area contributed by atoms with E-state index in [-0.39, 0.29) is 11.3 Å². The standard InChI is InChI=1S/C19H24N2O3/c20-15-3-1-14(2-4-15)17(22)21-16(18(23)24)19-8-11-5-12(9-19)7-13(6-11)10-19/h1-4,11-13,16H,5-10,20H2,(H,21,22)(H,23,24)/t11?,12?,13?,16-,19?/m1/s1. The molecule has 0 heterocycles. The lowest BCUT2D eigenvalue weighted by atomic mass is 9.47. The van der Waals surface area contributed by atoms with Gasteiger partial charge < -0.3 is 16.2 Å². The van der Waals surface area contributed by atoms with Crippen molar-refractivity contribution in [2.75, 3.05) is 5.73 Å². The Morgan fingerprint density at radius 2 is 1.54 bits per heavy atom. The number of carboxylic acids is 1. The Labute approximate surface area is 141 Å². The van der Waals surface area contributed by atoms with E-state index in [1.54, 1.807) is 24.3 Å². The minimum atomic E-state index is -0.902. The van der Waals surface area contributed by atoms with Crippen LogP contribution in [0.1, 0.15) is 48.9 Å². The van der Waals surface area contributed by atoms with Crippen LogP contribution in [0.2, 0.25) is 0 Å². The van der Waals surface area contributed by atoms with E-state index in [1.807, 2.05) is 0 Å². The van der Waals surface area contributed by atoms with E-state index in [9.17, 15) is 14.7 Å². The van der Waals surface area contributed by atoms with Crippen molar-refractivity contribution in [1.29, 1.82) is 0 Å². The van der Waals surface area contributed by atoms with Crippen molar-refractivity contribution in [2.45, 2.75) is 44.6 Å². The molecule has 4 N–H and O–H groups in total. The van der Waals surface area contributed by atoms with Gasteiger partial charge in [0.1, 0.15) is 6.04 Å². The van der Waals surface area contributed by atoms with Crippen LogP contribution in [0, 0.1) is 23.2 Å². The lowest BCUT2D eigenvalue weighted by Crippen LogP contribution is -2.59. The molecule has 4 bridgehead atoms. The largest absolute Gasteiger partial charge is 0.480 e. The van der Waals surface area contributed by atoms with Gasteiger partial charge in [0.05, 0.1) is 0 Å². The molecule has 1 atom stereocenters. The predicted octanol–water partition coefficient (Wildman–Crippen LogP) is 2.67. The summed E-state index contributed by atoms with van der Waals surface area (Å²) in [6, 6.07) is 5.81. The van der Waals surface area contributed by atoms with E-state index in [1.165, 1.54) is 19.3 Å². The predicted molar refractivity (Wildman–Crippen MR) is 90.3 cm³/mol. The summed E-state index contributed by atoms with van der Waals surface area (Å²) in [4.78, 5) is 24.5. The summed E-state index contributed by atoms with van der Waals surface area (Å²) in [7, 11) is 0. The van der Waals surface area contributed by atoms with Gasteiger partial charge in [-0.2, -0.15) is 0 Å². The number of nitrogen functional groups attached to an aromatic ring is 1. The van der Waals surface area contributed by atoms with Gasteiger partial charge in [-0.15, -0.1) is 0 Å². The molecule has 1 aromatic carbocycles. The monoisotopic (exact) mass is 328 g/mol. The van der Waals surface area contributed by atoms with Gasteiger partial charge in [0.2, 0.25) is 0 Å². The minimum absolute atomic E-state index is 0.260. The van der Waals surface area contributed by atoms with Crippen LogP contribution in [0.5, 0.6) is 0 Å². The maximum Gasteiger partial charge on any atom is 0.326 e. The van der Waals surface area contributed by atoms with E-state index in [4.69, 9.17) is 5.73 Å². The Bertz CT molecular complexity index is 632. The maximum atomic E-state index is 12.5. The van der Waals surface area contributed by atoms with E-state index in [0.717, 1.165) is 19.3 Å². The molecule has 4 saturated carbocycles. The van der Waals surface area contributed by atoms with Crippen molar-refractivity contribution in [3.63, 3.8) is 0 Å². The first-order chi connectivity index (χ1) is 11.4. The average molecular weight is 328 g/mol. The minimum Gasteiger partial charge on any atom is -0.480 e. The molecule has 128 valence electrons. The fourth-order valence-corrected chi connectivity index (χ4v) is 5.86. The molecule has 4 aliphatic rings. The molecular formula is C19H24N2O3. The number of aliphatic carboxylic acids is 1. The third-order valence-corrected chi connectivity index (χ3v) is 6.39. The second-order valence-electron chi connectivity index (χ2n) is 8.15. The summed E-state index contributed by atoms with van der Waals surface area (Å²) in [5, 5.41) is 12.7. The molecule has 4 aliphatic carbocycles. The van der Waals surface area contributed by atoms with Crippen molar-refractivity contribution in [1.82, 2.24) is 5.32 Å². The van der Waals surface area contributed by atoms with Crippen LogP contribution in [0.15, 0.2) is 24.3 Å². The molecule has 0 radical (unpaired) electrons. The quantitative estimate of drug-likeness (QED) is 0.741. The van der Waals surface area contributed by atoms with Gasteiger partial charge in [0, 0.05) is 16.7 Å². The maximum absolute atomic E-state index is 12.5. The number of amides is 1. The number of hydrogen-bond acceptors (Lipinski definition) is 3. The molecule has 0 saturated heterocycles. The number of benzene rings is 1. The van der Waals surface area contributed by atoms with Crippen LogP contribution in [0.25, 0.3) is 0 Å². The highest BCUT2D eigenvalue weighted by atomic mass is 16.4. The van der Waals surface area contributed by atoms with Gasteiger partial charge in [0.15, 0.2) is 0 Å². The zero-order valence-corrected chi connectivity index (χ0v) is 13.7.